The summed E-state index contributed by atoms with van der Waals surface area (Å²) >= 11 is 3.45. The summed E-state index contributed by atoms with van der Waals surface area (Å²) in [6.45, 7) is 3.93. The topological polar surface area (TPSA) is 58.6 Å². The summed E-state index contributed by atoms with van der Waals surface area (Å²) in [5, 5.41) is 14.1. The lowest BCUT2D eigenvalue weighted by Gasteiger charge is -2.17. The predicted molar refractivity (Wildman–Crippen MR) is 86.8 cm³/mol. The quantitative estimate of drug-likeness (QED) is 0.836. The molecule has 0 aromatic heterocycles. The Labute approximate surface area is 132 Å². The van der Waals surface area contributed by atoms with Gasteiger partial charge in [0, 0.05) is 10.5 Å². The van der Waals surface area contributed by atoms with E-state index in [-0.39, 0.29) is 6.04 Å². The van der Waals surface area contributed by atoms with Gasteiger partial charge < -0.3 is 9.84 Å². The minimum Gasteiger partial charge on any atom is -0.492 e. The SMILES string of the molecule is CC(COc1ccc2cc(Br)ccc2c1)NC(C)C(=O)O. The second-order valence-electron chi connectivity index (χ2n) is 5.09. The van der Waals surface area contributed by atoms with Crippen LogP contribution in [0.15, 0.2) is 40.9 Å². The average molecular weight is 352 g/mol. The number of hydrogen-bond donors (Lipinski definition) is 2. The van der Waals surface area contributed by atoms with Gasteiger partial charge in [-0.1, -0.05) is 28.1 Å². The van der Waals surface area contributed by atoms with Crippen LogP contribution in [-0.2, 0) is 4.79 Å². The van der Waals surface area contributed by atoms with E-state index in [1.54, 1.807) is 6.92 Å². The van der Waals surface area contributed by atoms with Gasteiger partial charge in [-0.3, -0.25) is 10.1 Å². The molecule has 112 valence electrons. The number of rotatable bonds is 6. The second-order valence-corrected chi connectivity index (χ2v) is 6.01. The van der Waals surface area contributed by atoms with Gasteiger partial charge in [0.05, 0.1) is 0 Å². The Morgan fingerprint density at radius 3 is 2.62 bits per heavy atom. The summed E-state index contributed by atoms with van der Waals surface area (Å²) in [6, 6.07) is 11.3. The van der Waals surface area contributed by atoms with E-state index in [1.165, 1.54) is 0 Å². The van der Waals surface area contributed by atoms with Crippen molar-refractivity contribution >= 4 is 32.7 Å². The van der Waals surface area contributed by atoms with Crippen molar-refractivity contribution in [3.8, 4) is 5.75 Å². The van der Waals surface area contributed by atoms with Gasteiger partial charge in [-0.05, 0) is 48.9 Å². The highest BCUT2D eigenvalue weighted by Gasteiger charge is 2.13. The summed E-state index contributed by atoms with van der Waals surface area (Å²) < 4.78 is 6.77. The maximum absolute atomic E-state index is 10.8. The van der Waals surface area contributed by atoms with Crippen LogP contribution in [0.3, 0.4) is 0 Å². The van der Waals surface area contributed by atoms with Crippen molar-refractivity contribution in [3.05, 3.63) is 40.9 Å². The zero-order valence-corrected chi connectivity index (χ0v) is 13.6. The number of carboxylic acid groups (broad SMARTS) is 1. The van der Waals surface area contributed by atoms with Gasteiger partial charge in [-0.25, -0.2) is 0 Å². The van der Waals surface area contributed by atoms with Crippen LogP contribution in [0.2, 0.25) is 0 Å². The predicted octanol–water partition coefficient (Wildman–Crippen LogP) is 3.43. The lowest BCUT2D eigenvalue weighted by atomic mass is 10.1. The molecule has 0 aliphatic carbocycles. The molecule has 0 bridgehead atoms. The second kappa shape index (κ2) is 6.91. The third kappa shape index (κ3) is 4.44. The van der Waals surface area contributed by atoms with Gasteiger partial charge >= 0.3 is 5.97 Å². The standard InChI is InChI=1S/C16H18BrNO3/c1-10(18-11(2)16(19)20)9-21-15-6-4-12-7-14(17)5-3-13(12)8-15/h3-8,10-11,18H,9H2,1-2H3,(H,19,20). The number of aliphatic carboxylic acids is 1. The van der Waals surface area contributed by atoms with Crippen LogP contribution in [0.25, 0.3) is 10.8 Å². The van der Waals surface area contributed by atoms with E-state index < -0.39 is 12.0 Å². The lowest BCUT2D eigenvalue weighted by molar-refractivity contribution is -0.139. The zero-order valence-electron chi connectivity index (χ0n) is 12.0. The molecular formula is C16H18BrNO3. The molecule has 0 aliphatic heterocycles. The third-order valence-corrected chi connectivity index (χ3v) is 3.67. The first kappa shape index (κ1) is 15.8. The molecule has 2 aromatic carbocycles. The molecule has 0 saturated heterocycles. The molecule has 0 aliphatic rings. The van der Waals surface area contributed by atoms with E-state index >= 15 is 0 Å². The molecule has 5 heteroatoms. The van der Waals surface area contributed by atoms with Gasteiger partial charge in [-0.2, -0.15) is 0 Å². The van der Waals surface area contributed by atoms with Crippen molar-refractivity contribution in [3.63, 3.8) is 0 Å². The molecule has 2 N–H and O–H groups in total. The van der Waals surface area contributed by atoms with Crippen LogP contribution in [-0.4, -0.2) is 29.8 Å². The fourth-order valence-corrected chi connectivity index (χ4v) is 2.43. The van der Waals surface area contributed by atoms with Gasteiger partial charge in [0.25, 0.3) is 0 Å². The van der Waals surface area contributed by atoms with Crippen molar-refractivity contribution in [1.29, 1.82) is 0 Å². The summed E-state index contributed by atoms with van der Waals surface area (Å²) in [7, 11) is 0. The number of benzene rings is 2. The average Bonchev–Trinajstić information content (AvgIpc) is 2.44. The van der Waals surface area contributed by atoms with E-state index in [4.69, 9.17) is 9.84 Å². The number of nitrogens with one attached hydrogen (secondary N) is 1. The molecule has 2 rings (SSSR count). The maximum atomic E-state index is 10.8. The summed E-state index contributed by atoms with van der Waals surface area (Å²) in [4.78, 5) is 10.8. The minimum atomic E-state index is -0.863. The first-order valence-corrected chi connectivity index (χ1v) is 7.56. The Balaban J connectivity index is 1.97. The Bertz CT molecular complexity index is 644. The first-order chi connectivity index (χ1) is 9.95. The summed E-state index contributed by atoms with van der Waals surface area (Å²) in [5.74, 6) is -0.0837. The lowest BCUT2D eigenvalue weighted by Crippen LogP contribution is -2.42. The van der Waals surface area contributed by atoms with Crippen molar-refractivity contribution in [1.82, 2.24) is 5.32 Å². The molecule has 0 radical (unpaired) electrons. The fraction of sp³-hybridized carbons (Fsp3) is 0.312. The van der Waals surface area contributed by atoms with Gasteiger partial charge in [-0.15, -0.1) is 0 Å². The van der Waals surface area contributed by atoms with Gasteiger partial charge in [0.1, 0.15) is 18.4 Å². The molecule has 0 spiro atoms. The normalized spacial score (nSPS) is 13.9. The van der Waals surface area contributed by atoms with Crippen LogP contribution in [0.5, 0.6) is 5.75 Å². The maximum Gasteiger partial charge on any atom is 0.320 e. The molecule has 0 saturated carbocycles. The van der Waals surface area contributed by atoms with E-state index in [1.807, 2.05) is 37.3 Å². The number of carbonyl (C=O) groups is 1. The van der Waals surface area contributed by atoms with E-state index in [0.717, 1.165) is 21.0 Å². The number of hydrogen-bond acceptors (Lipinski definition) is 3. The summed E-state index contributed by atoms with van der Waals surface area (Å²) in [5.41, 5.74) is 0. The van der Waals surface area contributed by atoms with Crippen LogP contribution in [0, 0.1) is 0 Å². The molecule has 0 amide bonds. The minimum absolute atomic E-state index is 0.0447. The van der Waals surface area contributed by atoms with Crippen LogP contribution in [0.4, 0.5) is 0 Å². The van der Waals surface area contributed by atoms with Gasteiger partial charge in [0.15, 0.2) is 0 Å². The van der Waals surface area contributed by atoms with Crippen LogP contribution >= 0.6 is 15.9 Å². The molecule has 4 nitrogen and oxygen atoms in total. The Morgan fingerprint density at radius 1 is 1.24 bits per heavy atom. The highest BCUT2D eigenvalue weighted by atomic mass is 79.9. The highest BCUT2D eigenvalue weighted by Crippen LogP contribution is 2.24. The number of carboxylic acids is 1. The van der Waals surface area contributed by atoms with Crippen LogP contribution in [0.1, 0.15) is 13.8 Å². The molecule has 2 atom stereocenters. The Hall–Kier alpha value is -1.59. The highest BCUT2D eigenvalue weighted by molar-refractivity contribution is 9.10. The third-order valence-electron chi connectivity index (χ3n) is 3.18. The molecule has 2 aromatic rings. The Morgan fingerprint density at radius 2 is 1.90 bits per heavy atom. The smallest absolute Gasteiger partial charge is 0.320 e. The first-order valence-electron chi connectivity index (χ1n) is 6.76. The van der Waals surface area contributed by atoms with Crippen molar-refractivity contribution in [2.24, 2.45) is 0 Å². The molecule has 0 heterocycles. The number of fused-ring (bicyclic) bond motifs is 1. The van der Waals surface area contributed by atoms with Crippen molar-refractivity contribution < 1.29 is 14.6 Å². The van der Waals surface area contributed by atoms with Crippen molar-refractivity contribution in [2.75, 3.05) is 6.61 Å². The van der Waals surface area contributed by atoms with Gasteiger partial charge in [0.2, 0.25) is 0 Å². The fourth-order valence-electron chi connectivity index (χ4n) is 2.05. The zero-order chi connectivity index (χ0) is 15.4. The van der Waals surface area contributed by atoms with E-state index in [9.17, 15) is 4.79 Å². The Kier molecular flexibility index (Phi) is 5.20. The molecule has 2 unspecified atom stereocenters. The van der Waals surface area contributed by atoms with E-state index in [2.05, 4.69) is 27.3 Å². The van der Waals surface area contributed by atoms with E-state index in [0.29, 0.717) is 6.61 Å². The molecule has 21 heavy (non-hydrogen) atoms. The monoisotopic (exact) mass is 351 g/mol. The summed E-state index contributed by atoms with van der Waals surface area (Å²) in [6.07, 6.45) is 0. The number of ether oxygens (including phenoxy) is 1. The number of halogens is 1. The largest absolute Gasteiger partial charge is 0.492 e. The van der Waals surface area contributed by atoms with Crippen LogP contribution < -0.4 is 10.1 Å². The van der Waals surface area contributed by atoms with Crippen molar-refractivity contribution in [2.45, 2.75) is 25.9 Å². The molecule has 0 fully saturated rings. The molecular weight excluding hydrogens is 334 g/mol.